The highest BCUT2D eigenvalue weighted by Gasteiger charge is 2.20. The van der Waals surface area contributed by atoms with Gasteiger partial charge in [0.15, 0.2) is 0 Å². The van der Waals surface area contributed by atoms with E-state index >= 15 is 0 Å². The molecular formula is C15H20ClN3O2. The van der Waals surface area contributed by atoms with Crippen LogP contribution in [0.3, 0.4) is 0 Å². The third kappa shape index (κ3) is 6.03. The standard InChI is InChI=1S/C15H20ClN3O2/c1-15(2,3)21-14(20)7-12(9-18)19-11-5-4-10(8-17)13(16)6-11/h4-6,12,19H,7,9,18H2,1-3H3/t12-/m0/s1. The van der Waals surface area contributed by atoms with Gasteiger partial charge in [0, 0.05) is 18.3 Å². The van der Waals surface area contributed by atoms with E-state index in [0.29, 0.717) is 16.3 Å². The van der Waals surface area contributed by atoms with Crippen molar-refractivity contribution in [3.8, 4) is 6.07 Å². The van der Waals surface area contributed by atoms with Gasteiger partial charge in [-0.25, -0.2) is 0 Å². The molecule has 0 unspecified atom stereocenters. The van der Waals surface area contributed by atoms with Gasteiger partial charge in [-0.1, -0.05) is 11.6 Å². The summed E-state index contributed by atoms with van der Waals surface area (Å²) < 4.78 is 5.26. The predicted molar refractivity (Wildman–Crippen MR) is 83.1 cm³/mol. The summed E-state index contributed by atoms with van der Waals surface area (Å²) in [6.45, 7) is 5.72. The monoisotopic (exact) mass is 309 g/mol. The number of hydrogen-bond donors (Lipinski definition) is 2. The molecule has 0 spiro atoms. The highest BCUT2D eigenvalue weighted by atomic mass is 35.5. The Bertz CT molecular complexity index is 547. The van der Waals surface area contributed by atoms with Gasteiger partial charge in [0.1, 0.15) is 11.7 Å². The molecule has 0 saturated heterocycles. The zero-order valence-corrected chi connectivity index (χ0v) is 13.2. The van der Waals surface area contributed by atoms with E-state index in [4.69, 9.17) is 27.3 Å². The molecule has 0 aliphatic rings. The Balaban J connectivity index is 2.68. The van der Waals surface area contributed by atoms with Crippen molar-refractivity contribution in [3.63, 3.8) is 0 Å². The normalized spacial score (nSPS) is 12.4. The Labute approximate surface area is 130 Å². The van der Waals surface area contributed by atoms with Crippen LogP contribution in [0.4, 0.5) is 5.69 Å². The number of nitrogens with zero attached hydrogens (tertiary/aromatic N) is 1. The van der Waals surface area contributed by atoms with E-state index in [1.807, 2.05) is 26.8 Å². The molecule has 0 heterocycles. The van der Waals surface area contributed by atoms with Crippen LogP contribution in [0.1, 0.15) is 32.8 Å². The first-order valence-electron chi connectivity index (χ1n) is 6.63. The highest BCUT2D eigenvalue weighted by molar-refractivity contribution is 6.32. The van der Waals surface area contributed by atoms with Crippen molar-refractivity contribution in [1.29, 1.82) is 5.26 Å². The zero-order valence-electron chi connectivity index (χ0n) is 12.4. The molecule has 1 aromatic rings. The van der Waals surface area contributed by atoms with Crippen molar-refractivity contribution in [2.45, 2.75) is 38.8 Å². The number of hydrogen-bond acceptors (Lipinski definition) is 5. The largest absolute Gasteiger partial charge is 0.460 e. The lowest BCUT2D eigenvalue weighted by Crippen LogP contribution is -2.34. The second-order valence-corrected chi connectivity index (χ2v) is 6.08. The molecular weight excluding hydrogens is 290 g/mol. The van der Waals surface area contributed by atoms with Crippen molar-refractivity contribution in [2.24, 2.45) is 5.73 Å². The average Bonchev–Trinajstić information content (AvgIpc) is 2.36. The summed E-state index contributed by atoms with van der Waals surface area (Å²) in [7, 11) is 0. The molecule has 3 N–H and O–H groups in total. The molecule has 0 radical (unpaired) electrons. The molecule has 0 aromatic heterocycles. The Morgan fingerprint density at radius 1 is 1.52 bits per heavy atom. The quantitative estimate of drug-likeness (QED) is 0.816. The van der Waals surface area contributed by atoms with Crippen LogP contribution >= 0.6 is 11.6 Å². The van der Waals surface area contributed by atoms with Crippen molar-refractivity contribution >= 4 is 23.3 Å². The lowest BCUT2D eigenvalue weighted by atomic mass is 10.1. The number of benzene rings is 1. The van der Waals surface area contributed by atoms with Gasteiger partial charge in [0.05, 0.1) is 17.0 Å². The fraction of sp³-hybridized carbons (Fsp3) is 0.467. The molecule has 114 valence electrons. The summed E-state index contributed by atoms with van der Waals surface area (Å²) in [6, 6.07) is 6.71. The van der Waals surface area contributed by atoms with E-state index in [0.717, 1.165) is 0 Å². The fourth-order valence-corrected chi connectivity index (χ4v) is 1.93. The maximum Gasteiger partial charge on any atom is 0.308 e. The number of carbonyl (C=O) groups is 1. The first-order valence-corrected chi connectivity index (χ1v) is 7.01. The molecule has 0 amide bonds. The Morgan fingerprint density at radius 2 is 2.19 bits per heavy atom. The second kappa shape index (κ2) is 7.30. The maximum absolute atomic E-state index is 11.8. The predicted octanol–water partition coefficient (Wildman–Crippen LogP) is 2.68. The summed E-state index contributed by atoms with van der Waals surface area (Å²) >= 11 is 5.96. The molecule has 1 atom stereocenters. The van der Waals surface area contributed by atoms with Gasteiger partial charge >= 0.3 is 5.97 Å². The minimum Gasteiger partial charge on any atom is -0.460 e. The van der Waals surface area contributed by atoms with E-state index in [2.05, 4.69) is 5.32 Å². The summed E-state index contributed by atoms with van der Waals surface area (Å²) in [5.41, 5.74) is 6.26. The van der Waals surface area contributed by atoms with Gasteiger partial charge in [0.25, 0.3) is 0 Å². The van der Waals surface area contributed by atoms with Crippen LogP contribution in [-0.2, 0) is 9.53 Å². The van der Waals surface area contributed by atoms with E-state index in [1.165, 1.54) is 0 Å². The summed E-state index contributed by atoms with van der Waals surface area (Å²) in [4.78, 5) is 11.8. The minimum absolute atomic E-state index is 0.158. The Morgan fingerprint density at radius 3 is 2.67 bits per heavy atom. The van der Waals surface area contributed by atoms with Crippen molar-refractivity contribution in [2.75, 3.05) is 11.9 Å². The number of carbonyl (C=O) groups excluding carboxylic acids is 1. The maximum atomic E-state index is 11.8. The fourth-order valence-electron chi connectivity index (χ4n) is 1.71. The van der Waals surface area contributed by atoms with Crippen LogP contribution in [0.15, 0.2) is 18.2 Å². The molecule has 0 bridgehead atoms. The van der Waals surface area contributed by atoms with Crippen molar-refractivity contribution in [1.82, 2.24) is 0 Å². The lowest BCUT2D eigenvalue weighted by Gasteiger charge is -2.22. The van der Waals surface area contributed by atoms with E-state index < -0.39 is 5.60 Å². The molecule has 1 rings (SSSR count). The summed E-state index contributed by atoms with van der Waals surface area (Å²) in [5.74, 6) is -0.315. The average molecular weight is 310 g/mol. The van der Waals surface area contributed by atoms with Gasteiger partial charge in [-0.15, -0.1) is 0 Å². The van der Waals surface area contributed by atoms with Crippen LogP contribution < -0.4 is 11.1 Å². The van der Waals surface area contributed by atoms with E-state index in [9.17, 15) is 4.79 Å². The molecule has 0 saturated carbocycles. The summed E-state index contributed by atoms with van der Waals surface area (Å²) in [6.07, 6.45) is 0.158. The van der Waals surface area contributed by atoms with E-state index in [1.54, 1.807) is 18.2 Å². The molecule has 21 heavy (non-hydrogen) atoms. The number of esters is 1. The number of nitrogens with two attached hydrogens (primary N) is 1. The smallest absolute Gasteiger partial charge is 0.308 e. The first kappa shape index (κ1) is 17.3. The highest BCUT2D eigenvalue weighted by Crippen LogP contribution is 2.21. The third-order valence-electron chi connectivity index (χ3n) is 2.58. The SMILES string of the molecule is CC(C)(C)OC(=O)C[C@@H](CN)Nc1ccc(C#N)c(Cl)c1. The van der Waals surface area contributed by atoms with E-state index in [-0.39, 0.29) is 25.0 Å². The Kier molecular flexibility index (Phi) is 6.01. The van der Waals surface area contributed by atoms with Crippen LogP contribution in [0.2, 0.25) is 5.02 Å². The Hall–Kier alpha value is -1.77. The third-order valence-corrected chi connectivity index (χ3v) is 2.89. The number of anilines is 1. The number of rotatable bonds is 5. The second-order valence-electron chi connectivity index (χ2n) is 5.67. The summed E-state index contributed by atoms with van der Waals surface area (Å²) in [5, 5.41) is 12.3. The number of halogens is 1. The van der Waals surface area contributed by atoms with Crippen molar-refractivity contribution < 1.29 is 9.53 Å². The topological polar surface area (TPSA) is 88.1 Å². The first-order chi connectivity index (χ1) is 9.75. The van der Waals surface area contributed by atoms with Gasteiger partial charge in [0.2, 0.25) is 0 Å². The minimum atomic E-state index is -0.520. The molecule has 6 heteroatoms. The van der Waals surface area contributed by atoms with Crippen LogP contribution in [0, 0.1) is 11.3 Å². The molecule has 5 nitrogen and oxygen atoms in total. The molecule has 0 aliphatic heterocycles. The molecule has 0 aliphatic carbocycles. The molecule has 1 aromatic carbocycles. The number of nitrogens with one attached hydrogen (secondary N) is 1. The van der Waals surface area contributed by atoms with Gasteiger partial charge in [-0.3, -0.25) is 4.79 Å². The van der Waals surface area contributed by atoms with Gasteiger partial charge in [-0.05, 0) is 39.0 Å². The van der Waals surface area contributed by atoms with Crippen LogP contribution in [0.25, 0.3) is 0 Å². The lowest BCUT2D eigenvalue weighted by molar-refractivity contribution is -0.155. The van der Waals surface area contributed by atoms with Crippen LogP contribution in [0.5, 0.6) is 0 Å². The zero-order chi connectivity index (χ0) is 16.0. The molecule has 0 fully saturated rings. The number of nitriles is 1. The van der Waals surface area contributed by atoms with Crippen molar-refractivity contribution in [3.05, 3.63) is 28.8 Å². The van der Waals surface area contributed by atoms with Gasteiger partial charge < -0.3 is 15.8 Å². The number of ether oxygens (including phenoxy) is 1. The van der Waals surface area contributed by atoms with Crippen LogP contribution in [-0.4, -0.2) is 24.2 Å². The van der Waals surface area contributed by atoms with Gasteiger partial charge in [-0.2, -0.15) is 5.26 Å².